The molecule has 0 unspecified atom stereocenters. The molecule has 2 rings (SSSR count). The maximum absolute atomic E-state index is 12.2. The zero-order chi connectivity index (χ0) is 21.9. The molecule has 2 aromatic rings. The number of nitrogens with one attached hydrogen (secondary N) is 3. The summed E-state index contributed by atoms with van der Waals surface area (Å²) in [6, 6.07) is 12.1. The van der Waals surface area contributed by atoms with Crippen LogP contribution in [-0.4, -0.2) is 37.7 Å². The largest absolute Gasteiger partial charge is 0.493 e. The zero-order valence-electron chi connectivity index (χ0n) is 16.7. The molecule has 0 saturated carbocycles. The highest BCUT2D eigenvalue weighted by Gasteiger charge is 2.11. The summed E-state index contributed by atoms with van der Waals surface area (Å²) in [6.07, 6.45) is 4.55. The highest BCUT2D eigenvalue weighted by atomic mass is 32.1. The van der Waals surface area contributed by atoms with Crippen LogP contribution >= 0.6 is 12.2 Å². The molecule has 0 aliphatic rings. The Labute approximate surface area is 180 Å². The first-order valence-corrected chi connectivity index (χ1v) is 9.39. The lowest BCUT2D eigenvalue weighted by molar-refractivity contribution is -0.115. The van der Waals surface area contributed by atoms with Crippen LogP contribution in [0.4, 0.5) is 5.69 Å². The predicted molar refractivity (Wildman–Crippen MR) is 122 cm³/mol. The van der Waals surface area contributed by atoms with Crippen molar-refractivity contribution in [2.24, 2.45) is 0 Å². The van der Waals surface area contributed by atoms with Crippen molar-refractivity contribution in [2.75, 3.05) is 26.1 Å². The van der Waals surface area contributed by atoms with Crippen molar-refractivity contribution in [1.29, 1.82) is 0 Å². The van der Waals surface area contributed by atoms with E-state index >= 15 is 0 Å². The lowest BCUT2D eigenvalue weighted by Crippen LogP contribution is -2.34. The van der Waals surface area contributed by atoms with Gasteiger partial charge in [-0.05, 0) is 48.1 Å². The minimum atomic E-state index is -0.420. The van der Waals surface area contributed by atoms with Crippen LogP contribution in [0.1, 0.15) is 15.9 Å². The number of amides is 2. The summed E-state index contributed by atoms with van der Waals surface area (Å²) in [4.78, 5) is 24.4. The molecule has 2 aromatic carbocycles. The quantitative estimate of drug-likeness (QED) is 0.342. The molecule has 0 atom stereocenters. The van der Waals surface area contributed by atoms with Gasteiger partial charge < -0.3 is 20.1 Å². The van der Waals surface area contributed by atoms with E-state index in [0.29, 0.717) is 29.3 Å². The number of hydrogen-bond acceptors (Lipinski definition) is 5. The van der Waals surface area contributed by atoms with Gasteiger partial charge in [0.1, 0.15) is 0 Å². The Bertz CT molecular complexity index is 973. The number of carbonyl (C=O) groups is 2. The van der Waals surface area contributed by atoms with Crippen molar-refractivity contribution in [2.45, 2.75) is 0 Å². The van der Waals surface area contributed by atoms with E-state index in [-0.39, 0.29) is 11.0 Å². The molecule has 0 spiro atoms. The molecular formula is C22H23N3O4S. The molecule has 0 fully saturated rings. The average Bonchev–Trinajstić information content (AvgIpc) is 2.76. The average molecular weight is 426 g/mol. The van der Waals surface area contributed by atoms with Crippen LogP contribution < -0.4 is 25.4 Å². The van der Waals surface area contributed by atoms with Gasteiger partial charge in [-0.25, -0.2) is 0 Å². The van der Waals surface area contributed by atoms with Gasteiger partial charge in [0.2, 0.25) is 5.91 Å². The van der Waals surface area contributed by atoms with Gasteiger partial charge in [-0.15, -0.1) is 6.58 Å². The molecule has 0 saturated heterocycles. The Morgan fingerprint density at radius 1 is 1.10 bits per heavy atom. The highest BCUT2D eigenvalue weighted by Crippen LogP contribution is 2.27. The highest BCUT2D eigenvalue weighted by molar-refractivity contribution is 7.80. The lowest BCUT2D eigenvalue weighted by Gasteiger charge is -2.12. The molecule has 0 bridgehead atoms. The topological polar surface area (TPSA) is 88.7 Å². The monoisotopic (exact) mass is 425 g/mol. The first-order valence-electron chi connectivity index (χ1n) is 8.98. The number of thiocarbonyl (C=S) groups is 1. The molecule has 7 nitrogen and oxygen atoms in total. The van der Waals surface area contributed by atoms with Crippen LogP contribution in [0.25, 0.3) is 6.08 Å². The number of methoxy groups -OCH3 is 2. The normalized spacial score (nSPS) is 10.2. The summed E-state index contributed by atoms with van der Waals surface area (Å²) < 4.78 is 10.4. The van der Waals surface area contributed by atoms with Crippen molar-refractivity contribution >= 4 is 40.9 Å². The molecule has 0 radical (unpaired) electrons. The van der Waals surface area contributed by atoms with E-state index in [2.05, 4.69) is 22.5 Å². The number of hydrogen-bond donors (Lipinski definition) is 3. The molecule has 0 aliphatic heterocycles. The van der Waals surface area contributed by atoms with E-state index in [1.54, 1.807) is 61.7 Å². The standard InChI is InChI=1S/C22H23N3O4S/c1-4-13-23-21(27)16-7-5-6-8-17(16)24-22(30)25-20(26)12-10-15-9-11-18(28-2)19(14-15)29-3/h4-12,14H,1,13H2,2-3H3,(H,23,27)(H2,24,25,26,30)/b12-10+. The predicted octanol–water partition coefficient (Wildman–Crippen LogP) is 3.15. The van der Waals surface area contributed by atoms with Crippen molar-refractivity contribution in [3.8, 4) is 11.5 Å². The number of anilines is 1. The fraction of sp³-hybridized carbons (Fsp3) is 0.136. The van der Waals surface area contributed by atoms with Gasteiger partial charge >= 0.3 is 0 Å². The second kappa shape index (κ2) is 11.4. The smallest absolute Gasteiger partial charge is 0.253 e. The van der Waals surface area contributed by atoms with Gasteiger partial charge in [0.05, 0.1) is 25.5 Å². The minimum absolute atomic E-state index is 0.0703. The van der Waals surface area contributed by atoms with E-state index in [9.17, 15) is 9.59 Å². The van der Waals surface area contributed by atoms with E-state index in [1.807, 2.05) is 0 Å². The molecule has 3 N–H and O–H groups in total. The fourth-order valence-electron chi connectivity index (χ4n) is 2.49. The Hall–Kier alpha value is -3.65. The van der Waals surface area contributed by atoms with E-state index in [4.69, 9.17) is 21.7 Å². The van der Waals surface area contributed by atoms with Crippen molar-refractivity contribution in [1.82, 2.24) is 10.6 Å². The summed E-state index contributed by atoms with van der Waals surface area (Å²) in [5.74, 6) is 0.459. The second-order valence-electron chi connectivity index (χ2n) is 5.94. The number of para-hydroxylation sites is 1. The van der Waals surface area contributed by atoms with E-state index in [1.165, 1.54) is 13.2 Å². The Balaban J connectivity index is 2.00. The Morgan fingerprint density at radius 3 is 2.53 bits per heavy atom. The SMILES string of the molecule is C=CCNC(=O)c1ccccc1NC(=S)NC(=O)/C=C/c1ccc(OC)c(OC)c1. The van der Waals surface area contributed by atoms with Crippen LogP contribution in [0, 0.1) is 0 Å². The zero-order valence-corrected chi connectivity index (χ0v) is 17.5. The van der Waals surface area contributed by atoms with Crippen molar-refractivity contribution < 1.29 is 19.1 Å². The minimum Gasteiger partial charge on any atom is -0.493 e. The maximum atomic E-state index is 12.2. The van der Waals surface area contributed by atoms with Crippen molar-refractivity contribution in [3.05, 3.63) is 72.3 Å². The summed E-state index contributed by atoms with van der Waals surface area (Å²) in [6.45, 7) is 3.91. The Morgan fingerprint density at radius 2 is 1.83 bits per heavy atom. The summed E-state index contributed by atoms with van der Waals surface area (Å²) in [5, 5.41) is 8.19. The Kier molecular flexibility index (Phi) is 8.58. The second-order valence-corrected chi connectivity index (χ2v) is 6.34. The van der Waals surface area contributed by atoms with Crippen LogP contribution in [0.15, 0.2) is 61.2 Å². The van der Waals surface area contributed by atoms with Gasteiger partial charge in [0, 0.05) is 12.6 Å². The fourth-order valence-corrected chi connectivity index (χ4v) is 2.70. The molecule has 8 heteroatoms. The third kappa shape index (κ3) is 6.46. The maximum Gasteiger partial charge on any atom is 0.253 e. The molecular weight excluding hydrogens is 402 g/mol. The molecule has 0 heterocycles. The van der Waals surface area contributed by atoms with Gasteiger partial charge in [-0.3, -0.25) is 14.9 Å². The first-order chi connectivity index (χ1) is 14.5. The molecule has 30 heavy (non-hydrogen) atoms. The van der Waals surface area contributed by atoms with E-state index < -0.39 is 5.91 Å². The third-order valence-corrected chi connectivity index (χ3v) is 4.10. The molecule has 156 valence electrons. The number of carbonyl (C=O) groups excluding carboxylic acids is 2. The first kappa shape index (κ1) is 22.6. The van der Waals surface area contributed by atoms with Crippen LogP contribution in [0.5, 0.6) is 11.5 Å². The van der Waals surface area contributed by atoms with Crippen LogP contribution in [0.2, 0.25) is 0 Å². The number of ether oxygens (including phenoxy) is 2. The summed E-state index contributed by atoms with van der Waals surface area (Å²) >= 11 is 5.19. The number of benzene rings is 2. The lowest BCUT2D eigenvalue weighted by atomic mass is 10.1. The summed E-state index contributed by atoms with van der Waals surface area (Å²) in [7, 11) is 3.09. The van der Waals surface area contributed by atoms with E-state index in [0.717, 1.165) is 5.56 Å². The molecule has 2 amide bonds. The molecule has 0 aliphatic carbocycles. The van der Waals surface area contributed by atoms with Gasteiger partial charge in [0.15, 0.2) is 16.6 Å². The summed E-state index contributed by atoms with van der Waals surface area (Å²) in [5.41, 5.74) is 1.64. The number of rotatable bonds is 8. The van der Waals surface area contributed by atoms with Crippen molar-refractivity contribution in [3.63, 3.8) is 0 Å². The van der Waals surface area contributed by atoms with Gasteiger partial charge in [-0.2, -0.15) is 0 Å². The van der Waals surface area contributed by atoms with Gasteiger partial charge in [-0.1, -0.05) is 24.3 Å². The van der Waals surface area contributed by atoms with Crippen LogP contribution in [-0.2, 0) is 4.79 Å². The third-order valence-electron chi connectivity index (χ3n) is 3.90. The van der Waals surface area contributed by atoms with Gasteiger partial charge in [0.25, 0.3) is 5.91 Å². The molecule has 0 aromatic heterocycles. The van der Waals surface area contributed by atoms with Crippen LogP contribution in [0.3, 0.4) is 0 Å².